The van der Waals surface area contributed by atoms with Crippen LogP contribution in [0, 0.1) is 11.6 Å². The first-order valence-electron chi connectivity index (χ1n) is 9.92. The fourth-order valence-electron chi connectivity index (χ4n) is 3.79. The van der Waals surface area contributed by atoms with Gasteiger partial charge in [-0.25, -0.2) is 8.78 Å². The average Bonchev–Trinajstić information content (AvgIpc) is 2.74. The predicted molar refractivity (Wildman–Crippen MR) is 109 cm³/mol. The van der Waals surface area contributed by atoms with Crippen molar-refractivity contribution in [2.75, 3.05) is 0 Å². The number of amides is 2. The van der Waals surface area contributed by atoms with E-state index in [4.69, 9.17) is 4.43 Å². The third kappa shape index (κ3) is 4.02. The van der Waals surface area contributed by atoms with Crippen LogP contribution in [0.15, 0.2) is 48.5 Å². The number of hydrogen-bond acceptors (Lipinski definition) is 3. The summed E-state index contributed by atoms with van der Waals surface area (Å²) >= 11 is 0. The van der Waals surface area contributed by atoms with Gasteiger partial charge in [0, 0.05) is 5.56 Å². The summed E-state index contributed by atoms with van der Waals surface area (Å²) in [5.41, 5.74) is 0.855. The first-order valence-corrected chi connectivity index (χ1v) is 12.4. The van der Waals surface area contributed by atoms with Gasteiger partial charge in [0.05, 0.1) is 6.04 Å². The lowest BCUT2D eigenvalue weighted by Crippen LogP contribution is -2.64. The molecule has 0 radical (unpaired) electrons. The van der Waals surface area contributed by atoms with Crippen LogP contribution in [0.5, 0.6) is 0 Å². The van der Waals surface area contributed by atoms with Gasteiger partial charge in [-0.2, -0.15) is 0 Å². The molecule has 154 valence electrons. The molecule has 3 rings (SSSR count). The number of nitrogens with zero attached hydrogens (tertiary/aromatic N) is 1. The van der Waals surface area contributed by atoms with E-state index in [0.29, 0.717) is 5.56 Å². The Hall–Kier alpha value is -2.38. The minimum Gasteiger partial charge on any atom is -0.403 e. The van der Waals surface area contributed by atoms with Crippen molar-refractivity contribution in [1.29, 1.82) is 0 Å². The van der Waals surface area contributed by atoms with Gasteiger partial charge in [0.25, 0.3) is 11.8 Å². The number of carbonyl (C=O) groups excluding carboxylic acids is 2. The number of rotatable bonds is 7. The summed E-state index contributed by atoms with van der Waals surface area (Å²) in [6.45, 7) is 6.20. The SMILES string of the molecule is CC[Si](CC)(CC)OC1C(=O)N(C(=O)c2ccc(F)cc2)C1c1ccc(F)cc1. The van der Waals surface area contributed by atoms with Gasteiger partial charge in [-0.05, 0) is 60.1 Å². The Labute approximate surface area is 170 Å². The van der Waals surface area contributed by atoms with Crippen molar-refractivity contribution in [3.05, 3.63) is 71.3 Å². The zero-order valence-electron chi connectivity index (χ0n) is 16.8. The smallest absolute Gasteiger partial charge is 0.261 e. The van der Waals surface area contributed by atoms with Gasteiger partial charge in [0.2, 0.25) is 0 Å². The van der Waals surface area contributed by atoms with E-state index in [1.807, 2.05) is 0 Å². The van der Waals surface area contributed by atoms with E-state index in [9.17, 15) is 18.4 Å². The zero-order valence-corrected chi connectivity index (χ0v) is 17.8. The highest BCUT2D eigenvalue weighted by atomic mass is 28.4. The molecular formula is C22H25F2NO3Si. The van der Waals surface area contributed by atoms with Crippen LogP contribution in [0.4, 0.5) is 8.78 Å². The van der Waals surface area contributed by atoms with E-state index in [1.165, 1.54) is 36.4 Å². The van der Waals surface area contributed by atoms with Crippen LogP contribution in [-0.4, -0.2) is 31.1 Å². The lowest BCUT2D eigenvalue weighted by atomic mass is 9.90. The molecule has 2 unspecified atom stereocenters. The monoisotopic (exact) mass is 417 g/mol. The summed E-state index contributed by atoms with van der Waals surface area (Å²) in [6.07, 6.45) is -0.767. The topological polar surface area (TPSA) is 46.6 Å². The first-order chi connectivity index (χ1) is 13.9. The molecule has 2 atom stereocenters. The van der Waals surface area contributed by atoms with Crippen molar-refractivity contribution >= 4 is 20.1 Å². The maximum Gasteiger partial charge on any atom is 0.261 e. The van der Waals surface area contributed by atoms with E-state index >= 15 is 0 Å². The van der Waals surface area contributed by atoms with Gasteiger partial charge in [0.1, 0.15) is 11.6 Å². The van der Waals surface area contributed by atoms with Gasteiger partial charge in [-0.15, -0.1) is 0 Å². The number of halogens is 2. The highest BCUT2D eigenvalue weighted by Crippen LogP contribution is 2.41. The second kappa shape index (κ2) is 8.55. The molecule has 1 saturated heterocycles. The average molecular weight is 418 g/mol. The van der Waals surface area contributed by atoms with E-state index < -0.39 is 43.9 Å². The minimum absolute atomic E-state index is 0.218. The fraction of sp³-hybridized carbons (Fsp3) is 0.364. The molecule has 0 bridgehead atoms. The van der Waals surface area contributed by atoms with E-state index in [-0.39, 0.29) is 5.56 Å². The number of likely N-dealkylation sites (tertiary alicyclic amines) is 1. The summed E-state index contributed by atoms with van der Waals surface area (Å²) in [7, 11) is -2.11. The van der Waals surface area contributed by atoms with E-state index in [0.717, 1.165) is 23.0 Å². The highest BCUT2D eigenvalue weighted by molar-refractivity contribution is 6.73. The summed E-state index contributed by atoms with van der Waals surface area (Å²) in [5, 5.41) is 0. The summed E-state index contributed by atoms with van der Waals surface area (Å²) in [6, 6.07) is 12.8. The number of imide groups is 1. The fourth-order valence-corrected chi connectivity index (χ4v) is 6.56. The lowest BCUT2D eigenvalue weighted by Gasteiger charge is -2.48. The molecule has 7 heteroatoms. The molecule has 0 aliphatic carbocycles. The van der Waals surface area contributed by atoms with Gasteiger partial charge >= 0.3 is 0 Å². The quantitative estimate of drug-likeness (QED) is 0.359. The van der Waals surface area contributed by atoms with Crippen LogP contribution in [-0.2, 0) is 9.22 Å². The number of benzene rings is 2. The number of hydrogen-bond donors (Lipinski definition) is 0. The Morgan fingerprint density at radius 1 is 0.931 bits per heavy atom. The standard InChI is InChI=1S/C22H25F2NO3Si/c1-4-29(5-2,6-3)28-20-19(15-7-11-17(23)12-8-15)25(22(20)27)21(26)16-9-13-18(24)14-10-16/h7-14,19-20H,4-6H2,1-3H3. The molecule has 2 amide bonds. The minimum atomic E-state index is -2.11. The summed E-state index contributed by atoms with van der Waals surface area (Å²) < 4.78 is 33.1. The molecule has 1 aliphatic rings. The maximum atomic E-state index is 13.4. The third-order valence-corrected chi connectivity index (χ3v) is 10.5. The van der Waals surface area contributed by atoms with Crippen LogP contribution in [0.25, 0.3) is 0 Å². The Kier molecular flexibility index (Phi) is 6.29. The Morgan fingerprint density at radius 2 is 1.41 bits per heavy atom. The van der Waals surface area contributed by atoms with Crippen LogP contribution in [0.1, 0.15) is 42.7 Å². The molecule has 29 heavy (non-hydrogen) atoms. The molecule has 2 aromatic rings. The van der Waals surface area contributed by atoms with Crippen molar-refractivity contribution in [2.45, 2.75) is 51.0 Å². The number of carbonyl (C=O) groups is 2. The normalized spacial score (nSPS) is 19.2. The predicted octanol–water partition coefficient (Wildman–Crippen LogP) is 5.08. The first kappa shape index (κ1) is 21.3. The van der Waals surface area contributed by atoms with Crippen LogP contribution in [0.3, 0.4) is 0 Å². The zero-order chi connectivity index (χ0) is 21.2. The van der Waals surface area contributed by atoms with Gasteiger partial charge in [-0.3, -0.25) is 14.5 Å². The molecule has 0 aromatic heterocycles. The van der Waals surface area contributed by atoms with Crippen LogP contribution in [0.2, 0.25) is 18.1 Å². The Balaban J connectivity index is 1.95. The highest BCUT2D eigenvalue weighted by Gasteiger charge is 2.54. The molecule has 1 aliphatic heterocycles. The molecule has 1 heterocycles. The van der Waals surface area contributed by atoms with Crippen molar-refractivity contribution in [3.8, 4) is 0 Å². The third-order valence-electron chi connectivity index (χ3n) is 5.88. The molecule has 0 N–H and O–H groups in total. The molecule has 0 spiro atoms. The van der Waals surface area contributed by atoms with E-state index in [1.54, 1.807) is 12.1 Å². The van der Waals surface area contributed by atoms with Crippen LogP contribution < -0.4 is 0 Å². The van der Waals surface area contributed by atoms with Crippen molar-refractivity contribution < 1.29 is 22.8 Å². The maximum absolute atomic E-state index is 13.4. The molecule has 0 saturated carbocycles. The van der Waals surface area contributed by atoms with Gasteiger partial charge < -0.3 is 4.43 Å². The van der Waals surface area contributed by atoms with Crippen molar-refractivity contribution in [3.63, 3.8) is 0 Å². The lowest BCUT2D eigenvalue weighted by molar-refractivity contribution is -0.158. The summed E-state index contributed by atoms with van der Waals surface area (Å²) in [4.78, 5) is 27.1. The van der Waals surface area contributed by atoms with Crippen molar-refractivity contribution in [2.24, 2.45) is 0 Å². The van der Waals surface area contributed by atoms with Crippen molar-refractivity contribution in [1.82, 2.24) is 4.90 Å². The second-order valence-corrected chi connectivity index (χ2v) is 12.0. The summed E-state index contributed by atoms with van der Waals surface area (Å²) in [5.74, 6) is -1.77. The van der Waals surface area contributed by atoms with E-state index in [2.05, 4.69) is 20.8 Å². The number of β-lactam (4-membered cyclic amide) rings is 1. The Bertz CT molecular complexity index is 874. The second-order valence-electron chi connectivity index (χ2n) is 7.30. The molecule has 1 fully saturated rings. The van der Waals surface area contributed by atoms with Gasteiger partial charge in [0.15, 0.2) is 14.4 Å². The molecular weight excluding hydrogens is 392 g/mol. The molecule has 2 aromatic carbocycles. The van der Waals surface area contributed by atoms with Crippen LogP contribution >= 0.6 is 0 Å². The molecule has 4 nitrogen and oxygen atoms in total. The Morgan fingerprint density at radius 3 is 1.90 bits per heavy atom. The largest absolute Gasteiger partial charge is 0.403 e. The van der Waals surface area contributed by atoms with Gasteiger partial charge in [-0.1, -0.05) is 32.9 Å².